The Hall–Kier alpha value is -1.69. The Morgan fingerprint density at radius 3 is 1.21 bits per heavy atom. The lowest BCUT2D eigenvalue weighted by molar-refractivity contribution is 0.537. The van der Waals surface area contributed by atoms with Crippen molar-refractivity contribution in [1.29, 1.82) is 0 Å². The molecule has 0 aromatic heterocycles. The molecule has 3 rings (SSSR count). The first-order valence-corrected chi connectivity index (χ1v) is 27.2. The fourth-order valence-electron chi connectivity index (χ4n) is 7.84. The van der Waals surface area contributed by atoms with E-state index in [1.165, 1.54) is 212 Å². The quantitative estimate of drug-likeness (QED) is 0.0224. The van der Waals surface area contributed by atoms with Gasteiger partial charge in [-0.3, -0.25) is 0 Å². The van der Waals surface area contributed by atoms with Gasteiger partial charge in [0.2, 0.25) is 0 Å². The van der Waals surface area contributed by atoms with Crippen molar-refractivity contribution in [2.75, 3.05) is 6.26 Å². The number of hydrogen-bond acceptors (Lipinski definition) is 1. The van der Waals surface area contributed by atoms with Gasteiger partial charge in [0.15, 0.2) is 0 Å². The van der Waals surface area contributed by atoms with E-state index in [1.54, 1.807) is 11.1 Å². The van der Waals surface area contributed by atoms with Crippen LogP contribution in [0.15, 0.2) is 41.3 Å². The highest BCUT2D eigenvalue weighted by molar-refractivity contribution is 7.98. The zero-order valence-corrected chi connectivity index (χ0v) is 37.0. The van der Waals surface area contributed by atoms with E-state index in [-0.39, 0.29) is 0 Å². The highest BCUT2D eigenvalue weighted by atomic mass is 32.2. The Bertz CT molecular complexity index is 1450. The van der Waals surface area contributed by atoms with Crippen molar-refractivity contribution in [3.63, 3.8) is 0 Å². The summed E-state index contributed by atoms with van der Waals surface area (Å²) < 4.78 is 0. The van der Waals surface area contributed by atoms with Crippen LogP contribution in [0.25, 0.3) is 21.5 Å². The highest BCUT2D eigenvalue weighted by Crippen LogP contribution is 2.32. The molecule has 0 saturated carbocycles. The second-order valence-electron chi connectivity index (χ2n) is 17.2. The van der Waals surface area contributed by atoms with Crippen LogP contribution in [0.1, 0.15) is 197 Å². The molecule has 0 N–H and O–H groups in total. The van der Waals surface area contributed by atoms with E-state index >= 15 is 0 Å². The summed E-state index contributed by atoms with van der Waals surface area (Å²) in [5.74, 6) is 3.64. The van der Waals surface area contributed by atoms with Gasteiger partial charge in [-0.2, -0.15) is 0 Å². The number of thioether (sulfide) groups is 1. The summed E-state index contributed by atoms with van der Waals surface area (Å²) in [6, 6.07) is 14.8. The monoisotopic (exact) mass is 741 g/mol. The predicted octanol–water partition coefficient (Wildman–Crippen LogP) is 17.2. The topological polar surface area (TPSA) is 0 Å². The summed E-state index contributed by atoms with van der Waals surface area (Å²) in [5.41, 5.74) is 8.10. The summed E-state index contributed by atoms with van der Waals surface area (Å²) in [5, 5.41) is 5.48. The van der Waals surface area contributed by atoms with Crippen LogP contribution in [0, 0.1) is 11.5 Å². The van der Waals surface area contributed by atoms with E-state index in [2.05, 4.69) is 87.6 Å². The van der Waals surface area contributed by atoms with Crippen molar-refractivity contribution < 1.29 is 0 Å². The molecule has 0 fully saturated rings. The lowest BCUT2D eigenvalue weighted by Gasteiger charge is -2.14. The molecule has 290 valence electrons. The average molecular weight is 741 g/mol. The Labute approximate surface area is 328 Å². The van der Waals surface area contributed by atoms with Crippen LogP contribution in [0.3, 0.4) is 0 Å². The van der Waals surface area contributed by atoms with Gasteiger partial charge in [-0.1, -0.05) is 206 Å². The summed E-state index contributed by atoms with van der Waals surface area (Å²) in [6.07, 6.45) is 41.5. The summed E-state index contributed by atoms with van der Waals surface area (Å²) >= 11 is 1.83. The molecule has 3 aromatic rings. The fourth-order valence-corrected chi connectivity index (χ4v) is 8.83. The Morgan fingerprint density at radius 1 is 0.442 bits per heavy atom. The number of benzene rings is 3. The zero-order chi connectivity index (χ0) is 37.3. The largest absolute Gasteiger partial charge is 0.130 e. The van der Waals surface area contributed by atoms with Crippen molar-refractivity contribution in [2.45, 2.75) is 218 Å². The summed E-state index contributed by atoms with van der Waals surface area (Å²) in [6.45, 7) is 11.7. The number of rotatable bonds is 29. The van der Waals surface area contributed by atoms with Crippen LogP contribution in [0.2, 0.25) is 19.6 Å². The smallest absolute Gasteiger partial charge is 0.129 e. The number of hydrogen-bond donors (Lipinski definition) is 0. The molecule has 3 aromatic carbocycles. The van der Waals surface area contributed by atoms with Crippen LogP contribution < -0.4 is 0 Å². The first kappa shape index (κ1) is 44.7. The Balaban J connectivity index is 1.59. The van der Waals surface area contributed by atoms with E-state index in [1.807, 2.05) is 11.8 Å². The van der Waals surface area contributed by atoms with Crippen molar-refractivity contribution in [1.82, 2.24) is 0 Å². The van der Waals surface area contributed by atoms with Gasteiger partial charge < -0.3 is 0 Å². The third-order valence-electron chi connectivity index (χ3n) is 11.1. The molecular formula is C50H80SSi. The normalized spacial score (nSPS) is 11.8. The predicted molar refractivity (Wildman–Crippen MR) is 242 cm³/mol. The van der Waals surface area contributed by atoms with Crippen molar-refractivity contribution in [3.05, 3.63) is 53.1 Å². The minimum absolute atomic E-state index is 1.21. The van der Waals surface area contributed by atoms with Gasteiger partial charge in [0.25, 0.3) is 0 Å². The second kappa shape index (κ2) is 27.0. The van der Waals surface area contributed by atoms with E-state index in [9.17, 15) is 0 Å². The van der Waals surface area contributed by atoms with Crippen molar-refractivity contribution in [2.24, 2.45) is 0 Å². The molecule has 0 aliphatic heterocycles. The number of fused-ring (bicyclic) bond motifs is 2. The molecule has 0 unspecified atom stereocenters. The minimum atomic E-state index is -1.47. The molecule has 0 nitrogen and oxygen atoms in total. The number of unbranched alkanes of at least 4 members (excludes halogenated alkanes) is 24. The van der Waals surface area contributed by atoms with Gasteiger partial charge in [-0.05, 0) is 88.9 Å². The molecule has 0 radical (unpaired) electrons. The zero-order valence-electron chi connectivity index (χ0n) is 35.2. The molecule has 0 aliphatic rings. The van der Waals surface area contributed by atoms with Crippen LogP contribution in [0.5, 0.6) is 0 Å². The highest BCUT2D eigenvalue weighted by Gasteiger charge is 2.12. The maximum atomic E-state index is 3.66. The average Bonchev–Trinajstić information content (AvgIpc) is 3.13. The van der Waals surface area contributed by atoms with Crippen LogP contribution >= 0.6 is 11.8 Å². The molecule has 0 atom stereocenters. The Morgan fingerprint density at radius 2 is 0.827 bits per heavy atom. The van der Waals surface area contributed by atoms with Gasteiger partial charge in [0.1, 0.15) is 8.07 Å². The van der Waals surface area contributed by atoms with Crippen molar-refractivity contribution >= 4 is 41.4 Å². The third kappa shape index (κ3) is 18.6. The van der Waals surface area contributed by atoms with Gasteiger partial charge in [-0.15, -0.1) is 17.3 Å². The summed E-state index contributed by atoms with van der Waals surface area (Å²) in [7, 11) is -1.47. The lowest BCUT2D eigenvalue weighted by Crippen LogP contribution is -2.16. The van der Waals surface area contributed by atoms with E-state index in [0.717, 1.165) is 0 Å². The molecule has 0 saturated heterocycles. The first-order valence-electron chi connectivity index (χ1n) is 22.4. The second-order valence-corrected chi connectivity index (χ2v) is 22.8. The molecule has 0 spiro atoms. The Kier molecular flexibility index (Phi) is 23.2. The fraction of sp³-hybridized carbons (Fsp3) is 0.680. The van der Waals surface area contributed by atoms with Crippen molar-refractivity contribution in [3.8, 4) is 11.5 Å². The van der Waals surface area contributed by atoms with Gasteiger partial charge in [-0.25, -0.2) is 0 Å². The van der Waals surface area contributed by atoms with E-state index < -0.39 is 8.07 Å². The maximum absolute atomic E-state index is 3.66. The van der Waals surface area contributed by atoms with Gasteiger partial charge >= 0.3 is 0 Å². The van der Waals surface area contributed by atoms with E-state index in [0.29, 0.717) is 0 Å². The number of aryl methyl sites for hydroxylation is 2. The maximum Gasteiger partial charge on any atom is 0.129 e. The van der Waals surface area contributed by atoms with Crippen LogP contribution in [-0.2, 0) is 12.8 Å². The molecular weight excluding hydrogens is 661 g/mol. The van der Waals surface area contributed by atoms with Crippen LogP contribution in [-0.4, -0.2) is 14.3 Å². The standard InChI is InChI=1S/C50H80SSi/c1-7-9-11-13-15-17-19-21-23-25-27-29-31-33-43-37-46-39-48-41-49(51-3)40-45(35-36-52(4,5)6)50(48)42-47(46)38-44(43)34-32-30-28-26-24-22-20-18-16-14-12-10-8-2/h37-42H,7-34H2,1-6H3. The first-order chi connectivity index (χ1) is 25.3. The molecule has 2 heteroatoms. The molecule has 0 aliphatic carbocycles. The lowest BCUT2D eigenvalue weighted by atomic mass is 9.91. The van der Waals surface area contributed by atoms with Gasteiger partial charge in [0, 0.05) is 10.5 Å². The minimum Gasteiger partial charge on any atom is -0.130 e. The molecule has 52 heavy (non-hydrogen) atoms. The molecule has 0 bridgehead atoms. The summed E-state index contributed by atoms with van der Waals surface area (Å²) in [4.78, 5) is 1.32. The van der Waals surface area contributed by atoms with Gasteiger partial charge in [0.05, 0.1) is 0 Å². The SMILES string of the molecule is CCCCCCCCCCCCCCCc1cc2cc3cc(SC)cc(C#C[Si](C)(C)C)c3cc2cc1CCCCCCCCCCCCCCC. The van der Waals surface area contributed by atoms with E-state index in [4.69, 9.17) is 0 Å². The van der Waals surface area contributed by atoms with Crippen LogP contribution in [0.4, 0.5) is 0 Å². The molecule has 0 amide bonds. The molecule has 0 heterocycles. The third-order valence-corrected chi connectivity index (χ3v) is 12.7.